The number of benzene rings is 1. The van der Waals surface area contributed by atoms with E-state index in [2.05, 4.69) is 41.8 Å². The van der Waals surface area contributed by atoms with Crippen molar-refractivity contribution in [2.75, 3.05) is 31.1 Å². The van der Waals surface area contributed by atoms with Gasteiger partial charge in [0.25, 0.3) is 0 Å². The van der Waals surface area contributed by atoms with Crippen LogP contribution in [-0.4, -0.2) is 41.0 Å². The van der Waals surface area contributed by atoms with Crippen LogP contribution in [0.5, 0.6) is 0 Å². The SMILES string of the molecule is N#Cc1nccnc1N1CCN(Cc2cccc(Br)c2F)CC1. The number of aromatic nitrogens is 2. The van der Waals surface area contributed by atoms with E-state index in [-0.39, 0.29) is 5.82 Å². The van der Waals surface area contributed by atoms with Crippen molar-refractivity contribution >= 4 is 21.7 Å². The van der Waals surface area contributed by atoms with Crippen LogP contribution in [0.2, 0.25) is 0 Å². The second kappa shape index (κ2) is 7.02. The van der Waals surface area contributed by atoms with Crippen LogP contribution in [0.3, 0.4) is 0 Å². The van der Waals surface area contributed by atoms with Gasteiger partial charge >= 0.3 is 0 Å². The number of nitriles is 1. The van der Waals surface area contributed by atoms with Gasteiger partial charge in [-0.1, -0.05) is 12.1 Å². The van der Waals surface area contributed by atoms with Gasteiger partial charge in [-0.25, -0.2) is 14.4 Å². The molecule has 3 rings (SSSR count). The molecule has 1 fully saturated rings. The Morgan fingerprint density at radius 3 is 2.65 bits per heavy atom. The predicted molar refractivity (Wildman–Crippen MR) is 88.3 cm³/mol. The fourth-order valence-electron chi connectivity index (χ4n) is 2.67. The van der Waals surface area contributed by atoms with Crippen LogP contribution in [0.15, 0.2) is 35.1 Å². The first-order valence-corrected chi connectivity index (χ1v) is 8.09. The molecule has 0 bridgehead atoms. The van der Waals surface area contributed by atoms with Gasteiger partial charge in [0.2, 0.25) is 0 Å². The molecule has 0 aliphatic carbocycles. The van der Waals surface area contributed by atoms with E-state index in [0.717, 1.165) is 26.2 Å². The maximum absolute atomic E-state index is 14.1. The average Bonchev–Trinajstić information content (AvgIpc) is 2.59. The second-order valence-corrected chi connectivity index (χ2v) is 6.17. The van der Waals surface area contributed by atoms with Crippen LogP contribution in [0.4, 0.5) is 10.2 Å². The van der Waals surface area contributed by atoms with Crippen LogP contribution in [0.1, 0.15) is 11.3 Å². The lowest BCUT2D eigenvalue weighted by Crippen LogP contribution is -2.46. The lowest BCUT2D eigenvalue weighted by atomic mass is 10.2. The number of nitrogens with zero attached hydrogens (tertiary/aromatic N) is 5. The fraction of sp³-hybridized carbons (Fsp3) is 0.312. The Balaban J connectivity index is 1.65. The first kappa shape index (κ1) is 15.8. The first-order chi connectivity index (χ1) is 11.2. The zero-order valence-electron chi connectivity index (χ0n) is 12.4. The molecule has 23 heavy (non-hydrogen) atoms. The van der Waals surface area contributed by atoms with Crippen molar-refractivity contribution in [2.24, 2.45) is 0 Å². The summed E-state index contributed by atoms with van der Waals surface area (Å²) in [6, 6.07) is 7.43. The van der Waals surface area contributed by atoms with Crippen LogP contribution in [0, 0.1) is 17.1 Å². The molecule has 2 heterocycles. The van der Waals surface area contributed by atoms with Crippen molar-refractivity contribution in [3.05, 3.63) is 52.1 Å². The summed E-state index contributed by atoms with van der Waals surface area (Å²) in [7, 11) is 0. The zero-order chi connectivity index (χ0) is 16.2. The summed E-state index contributed by atoms with van der Waals surface area (Å²) < 4.78 is 14.6. The van der Waals surface area contributed by atoms with Gasteiger partial charge in [0.15, 0.2) is 11.5 Å². The summed E-state index contributed by atoms with van der Waals surface area (Å²) in [4.78, 5) is 12.6. The van der Waals surface area contributed by atoms with Gasteiger partial charge < -0.3 is 4.90 Å². The summed E-state index contributed by atoms with van der Waals surface area (Å²) in [6.07, 6.45) is 3.12. The Morgan fingerprint density at radius 1 is 1.17 bits per heavy atom. The number of rotatable bonds is 3. The maximum Gasteiger partial charge on any atom is 0.183 e. The van der Waals surface area contributed by atoms with Crippen LogP contribution >= 0.6 is 15.9 Å². The molecular weight excluding hydrogens is 361 g/mol. The molecule has 2 aromatic rings. The Labute approximate surface area is 142 Å². The summed E-state index contributed by atoms with van der Waals surface area (Å²) in [5.41, 5.74) is 1.03. The standard InChI is InChI=1S/C16H15BrFN5/c17-13-3-1-2-12(15(13)18)11-22-6-8-23(9-7-22)16-14(10-19)20-4-5-21-16/h1-5H,6-9,11H2. The van der Waals surface area contributed by atoms with Gasteiger partial charge in [-0.3, -0.25) is 4.90 Å². The largest absolute Gasteiger partial charge is 0.352 e. The Bertz CT molecular complexity index is 737. The van der Waals surface area contributed by atoms with E-state index in [9.17, 15) is 4.39 Å². The van der Waals surface area contributed by atoms with Crippen LogP contribution < -0.4 is 4.90 Å². The molecule has 1 aliphatic rings. The van der Waals surface area contributed by atoms with E-state index in [1.165, 1.54) is 6.20 Å². The minimum absolute atomic E-state index is 0.198. The average molecular weight is 376 g/mol. The molecule has 0 N–H and O–H groups in total. The van der Waals surface area contributed by atoms with Gasteiger partial charge in [-0.05, 0) is 22.0 Å². The Hall–Kier alpha value is -2.04. The quantitative estimate of drug-likeness (QED) is 0.824. The number of hydrogen-bond donors (Lipinski definition) is 0. The maximum atomic E-state index is 14.1. The molecule has 0 saturated carbocycles. The van der Waals surface area contributed by atoms with Gasteiger partial charge in [-0.15, -0.1) is 0 Å². The molecule has 1 aliphatic heterocycles. The molecule has 0 spiro atoms. The highest BCUT2D eigenvalue weighted by atomic mass is 79.9. The third-order valence-electron chi connectivity index (χ3n) is 3.88. The van der Waals surface area contributed by atoms with Crippen LogP contribution in [0.25, 0.3) is 0 Å². The number of anilines is 1. The summed E-state index contributed by atoms with van der Waals surface area (Å²) in [5.74, 6) is 0.430. The molecule has 0 atom stereocenters. The van der Waals surface area contributed by atoms with E-state index in [0.29, 0.717) is 28.1 Å². The van der Waals surface area contributed by atoms with E-state index in [1.54, 1.807) is 12.3 Å². The highest BCUT2D eigenvalue weighted by molar-refractivity contribution is 9.10. The summed E-state index contributed by atoms with van der Waals surface area (Å²) in [6.45, 7) is 3.62. The van der Waals surface area contributed by atoms with Crippen molar-refractivity contribution < 1.29 is 4.39 Å². The predicted octanol–water partition coefficient (Wildman–Crippen LogP) is 2.57. The number of piperazine rings is 1. The monoisotopic (exact) mass is 375 g/mol. The third-order valence-corrected chi connectivity index (χ3v) is 4.49. The van der Waals surface area contributed by atoms with Gasteiger partial charge in [0.1, 0.15) is 11.9 Å². The fourth-order valence-corrected chi connectivity index (χ4v) is 3.08. The smallest absolute Gasteiger partial charge is 0.183 e. The molecule has 0 radical (unpaired) electrons. The van der Waals surface area contributed by atoms with Crippen molar-refractivity contribution in [3.63, 3.8) is 0 Å². The van der Waals surface area contributed by atoms with E-state index in [4.69, 9.17) is 5.26 Å². The van der Waals surface area contributed by atoms with Gasteiger partial charge in [0.05, 0.1) is 4.47 Å². The molecular formula is C16H15BrFN5. The topological polar surface area (TPSA) is 56.1 Å². The summed E-state index contributed by atoms with van der Waals surface area (Å²) in [5, 5.41) is 9.12. The van der Waals surface area contributed by atoms with Crippen LogP contribution in [-0.2, 0) is 6.54 Å². The minimum atomic E-state index is -0.198. The Kier molecular flexibility index (Phi) is 4.84. The number of hydrogen-bond acceptors (Lipinski definition) is 5. The molecule has 0 amide bonds. The number of halogens is 2. The first-order valence-electron chi connectivity index (χ1n) is 7.30. The van der Waals surface area contributed by atoms with E-state index < -0.39 is 0 Å². The van der Waals surface area contributed by atoms with E-state index in [1.807, 2.05) is 12.1 Å². The lowest BCUT2D eigenvalue weighted by molar-refractivity contribution is 0.246. The molecule has 7 heteroatoms. The molecule has 0 unspecified atom stereocenters. The summed E-state index contributed by atoms with van der Waals surface area (Å²) >= 11 is 3.22. The third kappa shape index (κ3) is 3.49. The molecule has 1 aromatic carbocycles. The molecule has 1 saturated heterocycles. The lowest BCUT2D eigenvalue weighted by Gasteiger charge is -2.35. The molecule has 5 nitrogen and oxygen atoms in total. The highest BCUT2D eigenvalue weighted by Gasteiger charge is 2.21. The minimum Gasteiger partial charge on any atom is -0.352 e. The van der Waals surface area contributed by atoms with E-state index >= 15 is 0 Å². The van der Waals surface area contributed by atoms with Crippen molar-refractivity contribution in [1.82, 2.24) is 14.9 Å². The van der Waals surface area contributed by atoms with Crippen molar-refractivity contribution in [2.45, 2.75) is 6.54 Å². The normalized spacial score (nSPS) is 15.4. The zero-order valence-corrected chi connectivity index (χ0v) is 14.0. The second-order valence-electron chi connectivity index (χ2n) is 5.32. The molecule has 1 aromatic heterocycles. The highest BCUT2D eigenvalue weighted by Crippen LogP contribution is 2.21. The van der Waals surface area contributed by atoms with Crippen molar-refractivity contribution in [1.29, 1.82) is 5.26 Å². The Morgan fingerprint density at radius 2 is 1.91 bits per heavy atom. The van der Waals surface area contributed by atoms with Gasteiger partial charge in [0, 0.05) is 50.7 Å². The molecule has 118 valence electrons. The van der Waals surface area contributed by atoms with Crippen molar-refractivity contribution in [3.8, 4) is 6.07 Å². The van der Waals surface area contributed by atoms with Gasteiger partial charge in [-0.2, -0.15) is 5.26 Å².